The van der Waals surface area contributed by atoms with Crippen molar-refractivity contribution in [3.05, 3.63) is 0 Å². The molecule has 0 bridgehead atoms. The van der Waals surface area contributed by atoms with Crippen molar-refractivity contribution in [2.45, 2.75) is 43.2 Å². The highest BCUT2D eigenvalue weighted by Crippen LogP contribution is 2.23. The summed E-state index contributed by atoms with van der Waals surface area (Å²) in [5.41, 5.74) is 9.92. The van der Waals surface area contributed by atoms with E-state index >= 15 is 0 Å². The molecule has 0 aromatic heterocycles. The number of aliphatic hydroxyl groups is 4. The van der Waals surface area contributed by atoms with Crippen LogP contribution in [0.15, 0.2) is 0 Å². The fourth-order valence-electron chi connectivity index (χ4n) is 1.74. The second-order valence-corrected chi connectivity index (χ2v) is 4.39. The lowest BCUT2D eigenvalue weighted by Crippen LogP contribution is -2.60. The van der Waals surface area contributed by atoms with Crippen LogP contribution in [0.4, 0.5) is 0 Å². The number of carbonyl (C=O) groups is 2. The SMILES string of the molecule is NC(=O)CC(O[C@H]1OC(CO)[C@H](O)C(O)C1O)C(N)=O. The molecule has 10 heteroatoms. The topological polar surface area (TPSA) is 186 Å². The van der Waals surface area contributed by atoms with Crippen molar-refractivity contribution in [3.63, 3.8) is 0 Å². The zero-order valence-corrected chi connectivity index (χ0v) is 10.5. The molecule has 1 aliphatic heterocycles. The van der Waals surface area contributed by atoms with Crippen LogP contribution in [0.3, 0.4) is 0 Å². The van der Waals surface area contributed by atoms with E-state index in [1.807, 2.05) is 0 Å². The number of primary amides is 2. The van der Waals surface area contributed by atoms with E-state index in [4.69, 9.17) is 26.0 Å². The summed E-state index contributed by atoms with van der Waals surface area (Å²) >= 11 is 0. The highest BCUT2D eigenvalue weighted by atomic mass is 16.7. The Bertz CT molecular complexity index is 363. The highest BCUT2D eigenvalue weighted by molar-refractivity contribution is 5.85. The van der Waals surface area contributed by atoms with Gasteiger partial charge in [-0.05, 0) is 0 Å². The van der Waals surface area contributed by atoms with Crippen LogP contribution in [0.5, 0.6) is 0 Å². The van der Waals surface area contributed by atoms with Crippen molar-refractivity contribution in [2.75, 3.05) is 6.61 Å². The minimum atomic E-state index is -1.69. The Labute approximate surface area is 113 Å². The van der Waals surface area contributed by atoms with Crippen LogP contribution in [0, 0.1) is 0 Å². The van der Waals surface area contributed by atoms with Crippen LogP contribution in [-0.4, -0.2) is 75.7 Å². The van der Waals surface area contributed by atoms with Gasteiger partial charge in [0, 0.05) is 0 Å². The fraction of sp³-hybridized carbons (Fsp3) is 0.800. The van der Waals surface area contributed by atoms with Gasteiger partial charge >= 0.3 is 0 Å². The van der Waals surface area contributed by atoms with E-state index in [-0.39, 0.29) is 0 Å². The maximum atomic E-state index is 11.1. The van der Waals surface area contributed by atoms with Gasteiger partial charge in [-0.15, -0.1) is 0 Å². The van der Waals surface area contributed by atoms with E-state index in [9.17, 15) is 24.9 Å². The van der Waals surface area contributed by atoms with E-state index in [1.165, 1.54) is 0 Å². The van der Waals surface area contributed by atoms with Gasteiger partial charge in [0.1, 0.15) is 30.5 Å². The predicted molar refractivity (Wildman–Crippen MR) is 61.6 cm³/mol. The molecule has 0 radical (unpaired) electrons. The molecular formula is C10H18N2O8. The minimum absolute atomic E-state index is 0.537. The normalized spacial score (nSPS) is 35.5. The summed E-state index contributed by atoms with van der Waals surface area (Å²) in [4.78, 5) is 21.9. The van der Waals surface area contributed by atoms with Crippen LogP contribution in [-0.2, 0) is 19.1 Å². The van der Waals surface area contributed by atoms with Crippen LogP contribution >= 0.6 is 0 Å². The quantitative estimate of drug-likeness (QED) is 0.283. The number of rotatable bonds is 6. The molecule has 116 valence electrons. The van der Waals surface area contributed by atoms with Crippen LogP contribution < -0.4 is 11.5 Å². The molecule has 4 unspecified atom stereocenters. The zero-order valence-electron chi connectivity index (χ0n) is 10.5. The third-order valence-electron chi connectivity index (χ3n) is 2.85. The molecule has 0 aromatic rings. The summed E-state index contributed by atoms with van der Waals surface area (Å²) in [7, 11) is 0. The summed E-state index contributed by atoms with van der Waals surface area (Å²) in [6.45, 7) is -0.651. The lowest BCUT2D eigenvalue weighted by atomic mass is 9.99. The lowest BCUT2D eigenvalue weighted by Gasteiger charge is -2.40. The molecule has 0 aromatic carbocycles. The van der Waals surface area contributed by atoms with E-state index in [2.05, 4.69) is 0 Å². The van der Waals surface area contributed by atoms with Crippen molar-refractivity contribution >= 4 is 11.8 Å². The molecule has 10 nitrogen and oxygen atoms in total. The van der Waals surface area contributed by atoms with Gasteiger partial charge in [-0.2, -0.15) is 0 Å². The van der Waals surface area contributed by atoms with Crippen molar-refractivity contribution in [1.82, 2.24) is 0 Å². The van der Waals surface area contributed by atoms with Crippen LogP contribution in [0.25, 0.3) is 0 Å². The van der Waals surface area contributed by atoms with E-state index in [0.717, 1.165) is 0 Å². The second-order valence-electron chi connectivity index (χ2n) is 4.39. The highest BCUT2D eigenvalue weighted by Gasteiger charge is 2.45. The molecule has 6 atom stereocenters. The van der Waals surface area contributed by atoms with Crippen molar-refractivity contribution in [3.8, 4) is 0 Å². The molecule has 1 fully saturated rings. The number of aliphatic hydroxyl groups excluding tert-OH is 4. The maximum Gasteiger partial charge on any atom is 0.247 e. The Balaban J connectivity index is 2.77. The summed E-state index contributed by atoms with van der Waals surface area (Å²) in [5, 5.41) is 37.7. The van der Waals surface area contributed by atoms with Gasteiger partial charge in [0.05, 0.1) is 13.0 Å². The maximum absolute atomic E-state index is 11.1. The predicted octanol–water partition coefficient (Wildman–Crippen LogP) is -4.47. The van der Waals surface area contributed by atoms with Gasteiger partial charge in [0.25, 0.3) is 0 Å². The smallest absolute Gasteiger partial charge is 0.247 e. The number of nitrogens with two attached hydrogens (primary N) is 2. The fourth-order valence-corrected chi connectivity index (χ4v) is 1.74. The first-order valence-electron chi connectivity index (χ1n) is 5.81. The van der Waals surface area contributed by atoms with Crippen molar-refractivity contribution in [1.29, 1.82) is 0 Å². The van der Waals surface area contributed by atoms with E-state index in [1.54, 1.807) is 0 Å². The molecule has 1 saturated heterocycles. The third kappa shape index (κ3) is 3.85. The summed E-state index contributed by atoms with van der Waals surface area (Å²) < 4.78 is 10.00. The largest absolute Gasteiger partial charge is 0.394 e. The Morgan fingerprint density at radius 3 is 2.20 bits per heavy atom. The molecule has 1 heterocycles. The zero-order chi connectivity index (χ0) is 15.4. The number of ether oxygens (including phenoxy) is 2. The number of hydrogen-bond acceptors (Lipinski definition) is 8. The summed E-state index contributed by atoms with van der Waals surface area (Å²) in [6.07, 6.45) is -9.66. The number of hydrogen-bond donors (Lipinski definition) is 6. The first kappa shape index (κ1) is 16.8. The van der Waals surface area contributed by atoms with Gasteiger partial charge in [-0.1, -0.05) is 0 Å². The monoisotopic (exact) mass is 294 g/mol. The van der Waals surface area contributed by atoms with Gasteiger partial charge in [-0.25, -0.2) is 0 Å². The first-order chi connectivity index (χ1) is 9.27. The van der Waals surface area contributed by atoms with Gasteiger partial charge < -0.3 is 41.4 Å². The van der Waals surface area contributed by atoms with Gasteiger partial charge in [0.15, 0.2) is 6.29 Å². The van der Waals surface area contributed by atoms with Crippen molar-refractivity contribution in [2.24, 2.45) is 11.5 Å². The molecule has 20 heavy (non-hydrogen) atoms. The molecule has 8 N–H and O–H groups in total. The van der Waals surface area contributed by atoms with Crippen molar-refractivity contribution < 1.29 is 39.5 Å². The Morgan fingerprint density at radius 1 is 1.15 bits per heavy atom. The molecular weight excluding hydrogens is 276 g/mol. The molecule has 0 saturated carbocycles. The molecule has 0 aliphatic carbocycles. The summed E-state index contributed by atoms with van der Waals surface area (Å²) in [5.74, 6) is -1.88. The van der Waals surface area contributed by atoms with Gasteiger partial charge in [-0.3, -0.25) is 9.59 Å². The minimum Gasteiger partial charge on any atom is -0.394 e. The molecule has 1 aliphatic rings. The van der Waals surface area contributed by atoms with E-state index < -0.39 is 61.7 Å². The van der Waals surface area contributed by atoms with Gasteiger partial charge in [0.2, 0.25) is 11.8 Å². The van der Waals surface area contributed by atoms with E-state index in [0.29, 0.717) is 0 Å². The van der Waals surface area contributed by atoms with Crippen LogP contribution in [0.2, 0.25) is 0 Å². The summed E-state index contributed by atoms with van der Waals surface area (Å²) in [6, 6.07) is 0. The average Bonchev–Trinajstić information content (AvgIpc) is 2.37. The standard InChI is InChI=1S/C10H18N2O8/c11-5(14)1-3(9(12)18)19-10-8(17)7(16)6(15)4(2-13)20-10/h3-4,6-8,10,13,15-17H,1-2H2,(H2,11,14)(H2,12,18)/t3?,4?,6-,7?,8?,10-/m0/s1. The van der Waals surface area contributed by atoms with Crippen LogP contribution in [0.1, 0.15) is 6.42 Å². The molecule has 2 amide bonds. The number of amides is 2. The first-order valence-corrected chi connectivity index (χ1v) is 5.81. The molecule has 0 spiro atoms. The average molecular weight is 294 g/mol. The lowest BCUT2D eigenvalue weighted by molar-refractivity contribution is -0.308. The Hall–Kier alpha value is -1.30. The third-order valence-corrected chi connectivity index (χ3v) is 2.85. The number of carbonyl (C=O) groups excluding carboxylic acids is 2. The molecule has 1 rings (SSSR count). The Morgan fingerprint density at radius 2 is 1.75 bits per heavy atom. The second kappa shape index (κ2) is 6.92. The Kier molecular flexibility index (Phi) is 5.80.